The van der Waals surface area contributed by atoms with E-state index in [-0.39, 0.29) is 16.3 Å². The van der Waals surface area contributed by atoms with Crippen LogP contribution in [0, 0.1) is 11.3 Å². The Hall–Kier alpha value is -2.71. The second-order valence-electron chi connectivity index (χ2n) is 4.14. The van der Waals surface area contributed by atoms with Gasteiger partial charge in [0.1, 0.15) is 17.6 Å². The number of nitrogens with zero attached hydrogens (tertiary/aromatic N) is 1. The van der Waals surface area contributed by atoms with Gasteiger partial charge in [0.15, 0.2) is 0 Å². The Morgan fingerprint density at radius 3 is 2.67 bits per heavy atom. The molecule has 2 aromatic carbocycles. The summed E-state index contributed by atoms with van der Waals surface area (Å²) in [4.78, 5) is 12.1. The van der Waals surface area contributed by atoms with E-state index in [2.05, 4.69) is 5.32 Å². The molecule has 0 heterocycles. The summed E-state index contributed by atoms with van der Waals surface area (Å²) >= 11 is 5.89. The number of ether oxygens (including phenoxy) is 1. The summed E-state index contributed by atoms with van der Waals surface area (Å²) in [5, 5.41) is 21.4. The Balaban J connectivity index is 2.22. The van der Waals surface area contributed by atoms with E-state index < -0.39 is 5.91 Å². The lowest BCUT2D eigenvalue weighted by atomic mass is 10.1. The van der Waals surface area contributed by atoms with Gasteiger partial charge in [0, 0.05) is 11.8 Å². The number of hydrogen-bond donors (Lipinski definition) is 2. The summed E-state index contributed by atoms with van der Waals surface area (Å²) in [6.07, 6.45) is 0. The third-order valence-electron chi connectivity index (χ3n) is 2.80. The number of methoxy groups -OCH3 is 1. The van der Waals surface area contributed by atoms with Gasteiger partial charge >= 0.3 is 0 Å². The number of phenols is 1. The molecule has 0 aliphatic carbocycles. The summed E-state index contributed by atoms with van der Waals surface area (Å²) in [6.45, 7) is 0. The maximum Gasteiger partial charge on any atom is 0.259 e. The fourth-order valence-corrected chi connectivity index (χ4v) is 1.94. The number of halogens is 1. The molecule has 21 heavy (non-hydrogen) atoms. The molecule has 0 unspecified atom stereocenters. The first-order chi connectivity index (χ1) is 10.0. The molecule has 0 radical (unpaired) electrons. The van der Waals surface area contributed by atoms with E-state index in [1.807, 2.05) is 6.07 Å². The van der Waals surface area contributed by atoms with Crippen LogP contribution >= 0.6 is 11.6 Å². The van der Waals surface area contributed by atoms with Crippen molar-refractivity contribution in [2.75, 3.05) is 12.4 Å². The second-order valence-corrected chi connectivity index (χ2v) is 4.55. The van der Waals surface area contributed by atoms with Crippen molar-refractivity contribution < 1.29 is 14.6 Å². The molecule has 6 heteroatoms. The highest BCUT2D eigenvalue weighted by Crippen LogP contribution is 2.25. The number of amides is 1. The van der Waals surface area contributed by atoms with E-state index in [1.54, 1.807) is 12.1 Å². The Morgan fingerprint density at radius 2 is 2.10 bits per heavy atom. The predicted molar refractivity (Wildman–Crippen MR) is 78.8 cm³/mol. The lowest BCUT2D eigenvalue weighted by molar-refractivity contribution is 0.102. The zero-order chi connectivity index (χ0) is 15.4. The number of aromatic hydroxyl groups is 1. The number of anilines is 1. The van der Waals surface area contributed by atoms with Gasteiger partial charge < -0.3 is 15.2 Å². The van der Waals surface area contributed by atoms with Crippen LogP contribution in [-0.2, 0) is 0 Å². The van der Waals surface area contributed by atoms with E-state index in [0.717, 1.165) is 0 Å². The molecule has 0 bridgehead atoms. The van der Waals surface area contributed by atoms with Gasteiger partial charge in [0.05, 0.1) is 23.3 Å². The Bertz CT molecular complexity index is 738. The predicted octanol–water partition coefficient (Wildman–Crippen LogP) is 3.18. The first-order valence-corrected chi connectivity index (χ1v) is 6.31. The molecule has 106 valence electrons. The summed E-state index contributed by atoms with van der Waals surface area (Å²) in [5.41, 5.74) is 0.859. The highest BCUT2D eigenvalue weighted by atomic mass is 35.5. The van der Waals surface area contributed by atoms with Crippen molar-refractivity contribution in [2.45, 2.75) is 0 Å². The molecule has 2 aromatic rings. The molecule has 0 aliphatic rings. The first-order valence-electron chi connectivity index (χ1n) is 5.93. The van der Waals surface area contributed by atoms with Crippen molar-refractivity contribution in [3.8, 4) is 17.6 Å². The molecule has 5 nitrogen and oxygen atoms in total. The molecule has 2 rings (SSSR count). The maximum absolute atomic E-state index is 12.1. The molecular weight excluding hydrogens is 292 g/mol. The molecule has 0 aromatic heterocycles. The Kier molecular flexibility index (Phi) is 4.31. The minimum Gasteiger partial charge on any atom is -0.507 e. The second kappa shape index (κ2) is 6.16. The molecule has 0 aliphatic heterocycles. The van der Waals surface area contributed by atoms with Crippen LogP contribution in [0.15, 0.2) is 36.4 Å². The number of nitriles is 1. The lowest BCUT2D eigenvalue weighted by Crippen LogP contribution is -2.12. The van der Waals surface area contributed by atoms with Crippen LogP contribution in [0.5, 0.6) is 11.5 Å². The van der Waals surface area contributed by atoms with Gasteiger partial charge in [0.25, 0.3) is 5.91 Å². The molecule has 0 saturated heterocycles. The van der Waals surface area contributed by atoms with Crippen LogP contribution in [0.2, 0.25) is 5.02 Å². The van der Waals surface area contributed by atoms with Crippen molar-refractivity contribution in [1.29, 1.82) is 5.26 Å². The molecule has 1 amide bonds. The number of hydrogen-bond acceptors (Lipinski definition) is 4. The summed E-state index contributed by atoms with van der Waals surface area (Å²) < 4.78 is 4.95. The number of rotatable bonds is 3. The van der Waals surface area contributed by atoms with Gasteiger partial charge in [-0.2, -0.15) is 5.26 Å². The van der Waals surface area contributed by atoms with E-state index in [0.29, 0.717) is 17.0 Å². The molecule has 0 fully saturated rings. The van der Waals surface area contributed by atoms with Gasteiger partial charge in [-0.15, -0.1) is 0 Å². The SMILES string of the molecule is COc1ccc(C(=O)Nc2ccc(C#N)c(Cl)c2)c(O)c1. The highest BCUT2D eigenvalue weighted by Gasteiger charge is 2.13. The average Bonchev–Trinajstić information content (AvgIpc) is 2.47. The minimum absolute atomic E-state index is 0.108. The van der Waals surface area contributed by atoms with Gasteiger partial charge in [-0.3, -0.25) is 4.79 Å². The molecule has 0 saturated carbocycles. The van der Waals surface area contributed by atoms with Crippen LogP contribution < -0.4 is 10.1 Å². The van der Waals surface area contributed by atoms with Crippen LogP contribution in [-0.4, -0.2) is 18.1 Å². The fourth-order valence-electron chi connectivity index (χ4n) is 1.71. The largest absolute Gasteiger partial charge is 0.507 e. The first kappa shape index (κ1) is 14.7. The third-order valence-corrected chi connectivity index (χ3v) is 3.11. The molecule has 2 N–H and O–H groups in total. The third kappa shape index (κ3) is 3.25. The van der Waals surface area contributed by atoms with E-state index in [1.165, 1.54) is 31.4 Å². The van der Waals surface area contributed by atoms with Gasteiger partial charge in [-0.1, -0.05) is 11.6 Å². The van der Waals surface area contributed by atoms with E-state index >= 15 is 0 Å². The van der Waals surface area contributed by atoms with Crippen molar-refractivity contribution in [1.82, 2.24) is 0 Å². The minimum atomic E-state index is -0.490. The lowest BCUT2D eigenvalue weighted by Gasteiger charge is -2.08. The standard InChI is InChI=1S/C15H11ClN2O3/c1-21-11-4-5-12(14(19)7-11)15(20)18-10-3-2-9(8-17)13(16)6-10/h2-7,19H,1H3,(H,18,20). The number of phenolic OH excluding ortho intramolecular Hbond substituents is 1. The highest BCUT2D eigenvalue weighted by molar-refractivity contribution is 6.32. The average molecular weight is 303 g/mol. The summed E-state index contributed by atoms with van der Waals surface area (Å²) in [7, 11) is 1.47. The topological polar surface area (TPSA) is 82.3 Å². The molecule has 0 spiro atoms. The summed E-state index contributed by atoms with van der Waals surface area (Å²) in [5.74, 6) is -0.229. The van der Waals surface area contributed by atoms with E-state index in [4.69, 9.17) is 21.6 Å². The van der Waals surface area contributed by atoms with Crippen molar-refractivity contribution in [2.24, 2.45) is 0 Å². The Morgan fingerprint density at radius 1 is 1.33 bits per heavy atom. The number of carbonyl (C=O) groups excluding carboxylic acids is 1. The van der Waals surface area contributed by atoms with Crippen molar-refractivity contribution in [3.05, 3.63) is 52.5 Å². The van der Waals surface area contributed by atoms with Gasteiger partial charge in [-0.25, -0.2) is 0 Å². The molecule has 0 atom stereocenters. The van der Waals surface area contributed by atoms with Crippen molar-refractivity contribution >= 4 is 23.2 Å². The zero-order valence-corrected chi connectivity index (χ0v) is 11.8. The normalized spacial score (nSPS) is 9.76. The monoisotopic (exact) mass is 302 g/mol. The zero-order valence-electron chi connectivity index (χ0n) is 11.1. The summed E-state index contributed by atoms with van der Waals surface area (Å²) in [6, 6.07) is 10.8. The van der Waals surface area contributed by atoms with Crippen LogP contribution in [0.25, 0.3) is 0 Å². The quantitative estimate of drug-likeness (QED) is 0.912. The van der Waals surface area contributed by atoms with Gasteiger partial charge in [0.2, 0.25) is 0 Å². The Labute approximate surface area is 126 Å². The number of benzene rings is 2. The molecular formula is C15H11ClN2O3. The van der Waals surface area contributed by atoms with Crippen molar-refractivity contribution in [3.63, 3.8) is 0 Å². The number of nitrogens with one attached hydrogen (secondary N) is 1. The smallest absolute Gasteiger partial charge is 0.259 e. The fraction of sp³-hybridized carbons (Fsp3) is 0.0667. The van der Waals surface area contributed by atoms with Crippen LogP contribution in [0.3, 0.4) is 0 Å². The maximum atomic E-state index is 12.1. The van der Waals surface area contributed by atoms with Crippen LogP contribution in [0.1, 0.15) is 15.9 Å². The number of carbonyl (C=O) groups is 1. The van der Waals surface area contributed by atoms with Gasteiger partial charge in [-0.05, 0) is 30.3 Å². The van der Waals surface area contributed by atoms with Crippen LogP contribution in [0.4, 0.5) is 5.69 Å². The van der Waals surface area contributed by atoms with E-state index in [9.17, 15) is 9.90 Å².